The summed E-state index contributed by atoms with van der Waals surface area (Å²) in [6.45, 7) is 3.75. The van der Waals surface area contributed by atoms with Gasteiger partial charge in [0.05, 0.1) is 0 Å². The molecule has 0 aliphatic carbocycles. The van der Waals surface area contributed by atoms with E-state index in [1.165, 1.54) is 12.1 Å². The fourth-order valence-corrected chi connectivity index (χ4v) is 1.40. The first kappa shape index (κ1) is 12.1. The SMILES string of the molecule is COCCCN[C@@H](C)c1ccc(F)cc1. The topological polar surface area (TPSA) is 21.3 Å². The number of hydrogen-bond donors (Lipinski definition) is 1. The number of nitrogens with one attached hydrogen (secondary N) is 1. The van der Waals surface area contributed by atoms with Crippen molar-refractivity contribution in [3.8, 4) is 0 Å². The monoisotopic (exact) mass is 211 g/mol. The van der Waals surface area contributed by atoms with Gasteiger partial charge in [-0.15, -0.1) is 0 Å². The van der Waals surface area contributed by atoms with Crippen LogP contribution in [0.3, 0.4) is 0 Å². The van der Waals surface area contributed by atoms with Crippen LogP contribution in [0.2, 0.25) is 0 Å². The molecular formula is C12H18FNO. The Bertz CT molecular complexity index is 273. The van der Waals surface area contributed by atoms with Crippen molar-refractivity contribution in [2.75, 3.05) is 20.3 Å². The van der Waals surface area contributed by atoms with E-state index < -0.39 is 0 Å². The van der Waals surface area contributed by atoms with Gasteiger partial charge in [-0.05, 0) is 37.6 Å². The quantitative estimate of drug-likeness (QED) is 0.730. The van der Waals surface area contributed by atoms with Crippen LogP contribution in [0.4, 0.5) is 4.39 Å². The van der Waals surface area contributed by atoms with Crippen LogP contribution in [0.25, 0.3) is 0 Å². The molecule has 2 nitrogen and oxygen atoms in total. The lowest BCUT2D eigenvalue weighted by molar-refractivity contribution is 0.193. The normalized spacial score (nSPS) is 12.7. The summed E-state index contributed by atoms with van der Waals surface area (Å²) in [4.78, 5) is 0. The number of hydrogen-bond acceptors (Lipinski definition) is 2. The molecule has 0 aliphatic rings. The predicted octanol–water partition coefficient (Wildman–Crippen LogP) is 2.51. The highest BCUT2D eigenvalue weighted by Crippen LogP contribution is 2.12. The summed E-state index contributed by atoms with van der Waals surface area (Å²) in [7, 11) is 1.70. The Morgan fingerprint density at radius 2 is 2.00 bits per heavy atom. The van der Waals surface area contributed by atoms with Crippen LogP contribution in [0.5, 0.6) is 0 Å². The van der Waals surface area contributed by atoms with Crippen molar-refractivity contribution >= 4 is 0 Å². The Kier molecular flexibility index (Phi) is 5.29. The van der Waals surface area contributed by atoms with E-state index >= 15 is 0 Å². The maximum Gasteiger partial charge on any atom is 0.123 e. The van der Waals surface area contributed by atoms with Crippen molar-refractivity contribution in [1.82, 2.24) is 5.32 Å². The maximum absolute atomic E-state index is 12.7. The first-order valence-corrected chi connectivity index (χ1v) is 5.22. The molecule has 0 unspecified atom stereocenters. The molecule has 0 aliphatic heterocycles. The highest BCUT2D eigenvalue weighted by atomic mass is 19.1. The second kappa shape index (κ2) is 6.53. The van der Waals surface area contributed by atoms with E-state index in [2.05, 4.69) is 12.2 Å². The van der Waals surface area contributed by atoms with Crippen molar-refractivity contribution in [3.05, 3.63) is 35.6 Å². The van der Waals surface area contributed by atoms with E-state index in [-0.39, 0.29) is 11.9 Å². The third-order valence-corrected chi connectivity index (χ3v) is 2.35. The van der Waals surface area contributed by atoms with Gasteiger partial charge < -0.3 is 10.1 Å². The van der Waals surface area contributed by atoms with E-state index in [9.17, 15) is 4.39 Å². The largest absolute Gasteiger partial charge is 0.385 e. The molecular weight excluding hydrogens is 193 g/mol. The fourth-order valence-electron chi connectivity index (χ4n) is 1.40. The summed E-state index contributed by atoms with van der Waals surface area (Å²) in [6, 6.07) is 6.85. The van der Waals surface area contributed by atoms with Crippen LogP contribution in [-0.2, 0) is 4.74 Å². The summed E-state index contributed by atoms with van der Waals surface area (Å²) in [5.41, 5.74) is 1.11. The van der Waals surface area contributed by atoms with Gasteiger partial charge in [-0.2, -0.15) is 0 Å². The fraction of sp³-hybridized carbons (Fsp3) is 0.500. The lowest BCUT2D eigenvalue weighted by atomic mass is 10.1. The molecule has 0 radical (unpaired) electrons. The summed E-state index contributed by atoms with van der Waals surface area (Å²) in [6.07, 6.45) is 0.988. The maximum atomic E-state index is 12.7. The van der Waals surface area contributed by atoms with Crippen molar-refractivity contribution in [2.24, 2.45) is 0 Å². The number of methoxy groups -OCH3 is 1. The van der Waals surface area contributed by atoms with Crippen LogP contribution in [0, 0.1) is 5.82 Å². The molecule has 3 heteroatoms. The molecule has 1 N–H and O–H groups in total. The average Bonchev–Trinajstić information content (AvgIpc) is 2.25. The molecule has 1 atom stereocenters. The molecule has 0 saturated heterocycles. The summed E-state index contributed by atoms with van der Waals surface area (Å²) in [5.74, 6) is -0.190. The van der Waals surface area contributed by atoms with Gasteiger partial charge in [0.2, 0.25) is 0 Å². The van der Waals surface area contributed by atoms with Gasteiger partial charge in [0.1, 0.15) is 5.82 Å². The van der Waals surface area contributed by atoms with Crippen molar-refractivity contribution in [3.63, 3.8) is 0 Å². The lowest BCUT2D eigenvalue weighted by Crippen LogP contribution is -2.20. The van der Waals surface area contributed by atoms with Gasteiger partial charge in [-0.1, -0.05) is 12.1 Å². The van der Waals surface area contributed by atoms with Gasteiger partial charge in [-0.25, -0.2) is 4.39 Å². The van der Waals surface area contributed by atoms with Gasteiger partial charge in [0.25, 0.3) is 0 Å². The van der Waals surface area contributed by atoms with Crippen LogP contribution < -0.4 is 5.32 Å². The van der Waals surface area contributed by atoms with E-state index in [4.69, 9.17) is 4.74 Å². The Labute approximate surface area is 90.4 Å². The van der Waals surface area contributed by atoms with Gasteiger partial charge in [0, 0.05) is 19.8 Å². The van der Waals surface area contributed by atoms with Crippen molar-refractivity contribution in [2.45, 2.75) is 19.4 Å². The minimum Gasteiger partial charge on any atom is -0.385 e. The standard InChI is InChI=1S/C12H18FNO/c1-10(14-8-3-9-15-2)11-4-6-12(13)7-5-11/h4-7,10,14H,3,8-9H2,1-2H3/t10-/m0/s1. The van der Waals surface area contributed by atoms with Gasteiger partial charge in [0.15, 0.2) is 0 Å². The lowest BCUT2D eigenvalue weighted by Gasteiger charge is -2.13. The molecule has 0 bridgehead atoms. The van der Waals surface area contributed by atoms with E-state index in [0.717, 1.165) is 25.1 Å². The van der Waals surface area contributed by atoms with Crippen LogP contribution in [0.15, 0.2) is 24.3 Å². The third kappa shape index (κ3) is 4.40. The smallest absolute Gasteiger partial charge is 0.123 e. The molecule has 15 heavy (non-hydrogen) atoms. The molecule has 0 heterocycles. The molecule has 84 valence electrons. The molecule has 0 spiro atoms. The zero-order valence-corrected chi connectivity index (χ0v) is 9.29. The Balaban J connectivity index is 2.33. The molecule has 0 aromatic heterocycles. The first-order valence-electron chi connectivity index (χ1n) is 5.22. The Hall–Kier alpha value is -0.930. The van der Waals surface area contributed by atoms with Gasteiger partial charge in [-0.3, -0.25) is 0 Å². The number of ether oxygens (including phenoxy) is 1. The van der Waals surface area contributed by atoms with E-state index in [1.807, 2.05) is 12.1 Å². The van der Waals surface area contributed by atoms with Crippen molar-refractivity contribution < 1.29 is 9.13 Å². The molecule has 0 amide bonds. The van der Waals surface area contributed by atoms with Crippen LogP contribution >= 0.6 is 0 Å². The van der Waals surface area contributed by atoms with Crippen molar-refractivity contribution in [1.29, 1.82) is 0 Å². The van der Waals surface area contributed by atoms with E-state index in [1.54, 1.807) is 7.11 Å². The minimum absolute atomic E-state index is 0.190. The molecule has 0 saturated carbocycles. The summed E-state index contributed by atoms with van der Waals surface area (Å²) < 4.78 is 17.6. The second-order valence-electron chi connectivity index (χ2n) is 3.57. The molecule has 1 rings (SSSR count). The Morgan fingerprint density at radius 3 is 2.60 bits per heavy atom. The molecule has 1 aromatic carbocycles. The predicted molar refractivity (Wildman–Crippen MR) is 59.3 cm³/mol. The average molecular weight is 211 g/mol. The summed E-state index contributed by atoms with van der Waals surface area (Å²) >= 11 is 0. The third-order valence-electron chi connectivity index (χ3n) is 2.35. The highest BCUT2D eigenvalue weighted by Gasteiger charge is 2.03. The van der Waals surface area contributed by atoms with E-state index in [0.29, 0.717) is 0 Å². The van der Waals surface area contributed by atoms with Crippen LogP contribution in [0.1, 0.15) is 24.9 Å². The number of benzene rings is 1. The molecule has 1 aromatic rings. The zero-order valence-electron chi connectivity index (χ0n) is 9.29. The number of rotatable bonds is 6. The Morgan fingerprint density at radius 1 is 1.33 bits per heavy atom. The van der Waals surface area contributed by atoms with Crippen LogP contribution in [-0.4, -0.2) is 20.3 Å². The zero-order chi connectivity index (χ0) is 11.1. The summed E-state index contributed by atoms with van der Waals surface area (Å²) in [5, 5.41) is 3.35. The molecule has 0 fully saturated rings. The second-order valence-corrected chi connectivity index (χ2v) is 3.57. The first-order chi connectivity index (χ1) is 7.24. The number of halogens is 1. The van der Waals surface area contributed by atoms with Gasteiger partial charge >= 0.3 is 0 Å². The minimum atomic E-state index is -0.190. The highest BCUT2D eigenvalue weighted by molar-refractivity contribution is 5.19.